The maximum atomic E-state index is 10.9. The van der Waals surface area contributed by atoms with E-state index in [0.29, 0.717) is 5.75 Å². The third-order valence-corrected chi connectivity index (χ3v) is 2.37. The number of esters is 1. The summed E-state index contributed by atoms with van der Waals surface area (Å²) in [7, 11) is 0. The molecular weight excluding hydrogens is 204 g/mol. The summed E-state index contributed by atoms with van der Waals surface area (Å²) in [6.07, 6.45) is 4.13. The van der Waals surface area contributed by atoms with Gasteiger partial charge in [0.1, 0.15) is 0 Å². The van der Waals surface area contributed by atoms with E-state index in [2.05, 4.69) is 6.92 Å². The summed E-state index contributed by atoms with van der Waals surface area (Å²) in [4.78, 5) is 10.9. The SMILES string of the molecule is CCCCCc1cccc(O)c1OC(C)=O. The fourth-order valence-corrected chi connectivity index (χ4v) is 1.60. The Morgan fingerprint density at radius 3 is 2.75 bits per heavy atom. The van der Waals surface area contributed by atoms with Gasteiger partial charge < -0.3 is 9.84 Å². The van der Waals surface area contributed by atoms with Crippen molar-refractivity contribution in [2.45, 2.75) is 39.5 Å². The molecule has 0 aliphatic heterocycles. The van der Waals surface area contributed by atoms with Crippen molar-refractivity contribution in [2.24, 2.45) is 0 Å². The van der Waals surface area contributed by atoms with Crippen LogP contribution in [-0.2, 0) is 11.2 Å². The van der Waals surface area contributed by atoms with Gasteiger partial charge in [0, 0.05) is 6.92 Å². The van der Waals surface area contributed by atoms with Crippen LogP contribution in [0.3, 0.4) is 0 Å². The minimum Gasteiger partial charge on any atom is -0.504 e. The van der Waals surface area contributed by atoms with Crippen molar-refractivity contribution in [2.75, 3.05) is 0 Å². The van der Waals surface area contributed by atoms with Crippen LogP contribution in [0.1, 0.15) is 38.7 Å². The standard InChI is InChI=1S/C13H18O3/c1-3-4-5-7-11-8-6-9-12(15)13(11)16-10(2)14/h6,8-9,15H,3-5,7H2,1-2H3. The van der Waals surface area contributed by atoms with Crippen molar-refractivity contribution in [3.05, 3.63) is 23.8 Å². The summed E-state index contributed by atoms with van der Waals surface area (Å²) < 4.78 is 5.02. The zero-order chi connectivity index (χ0) is 12.0. The fraction of sp³-hybridized carbons (Fsp3) is 0.462. The number of phenolic OH excluding ortho intramolecular Hbond substituents is 1. The Balaban J connectivity index is 2.80. The number of carbonyl (C=O) groups excluding carboxylic acids is 1. The molecule has 0 aliphatic carbocycles. The number of hydrogen-bond donors (Lipinski definition) is 1. The summed E-state index contributed by atoms with van der Waals surface area (Å²) in [6.45, 7) is 3.47. The number of rotatable bonds is 5. The molecule has 1 aromatic rings. The number of aromatic hydroxyl groups is 1. The first kappa shape index (κ1) is 12.6. The van der Waals surface area contributed by atoms with Gasteiger partial charge in [0.05, 0.1) is 0 Å². The van der Waals surface area contributed by atoms with Crippen LogP contribution in [0.25, 0.3) is 0 Å². The normalized spacial score (nSPS) is 10.1. The van der Waals surface area contributed by atoms with Crippen molar-refractivity contribution >= 4 is 5.97 Å². The van der Waals surface area contributed by atoms with E-state index in [-0.39, 0.29) is 5.75 Å². The predicted octanol–water partition coefficient (Wildman–Crippen LogP) is 3.05. The molecule has 88 valence electrons. The maximum absolute atomic E-state index is 10.9. The van der Waals surface area contributed by atoms with Gasteiger partial charge >= 0.3 is 5.97 Å². The largest absolute Gasteiger partial charge is 0.504 e. The molecule has 3 heteroatoms. The second-order valence-corrected chi connectivity index (χ2v) is 3.82. The van der Waals surface area contributed by atoms with E-state index >= 15 is 0 Å². The first-order valence-corrected chi connectivity index (χ1v) is 5.64. The lowest BCUT2D eigenvalue weighted by molar-refractivity contribution is -0.132. The molecule has 0 saturated carbocycles. The van der Waals surface area contributed by atoms with Crippen LogP contribution in [0.2, 0.25) is 0 Å². The Labute approximate surface area is 96.1 Å². The molecule has 0 bridgehead atoms. The molecule has 0 aromatic heterocycles. The van der Waals surface area contributed by atoms with Gasteiger partial charge in [-0.3, -0.25) is 4.79 Å². The second-order valence-electron chi connectivity index (χ2n) is 3.82. The maximum Gasteiger partial charge on any atom is 0.308 e. The number of unbranched alkanes of at least 4 members (excludes halogenated alkanes) is 2. The fourth-order valence-electron chi connectivity index (χ4n) is 1.60. The number of carbonyl (C=O) groups is 1. The number of ether oxygens (including phenoxy) is 1. The van der Waals surface area contributed by atoms with Gasteiger partial charge in [0.25, 0.3) is 0 Å². The summed E-state index contributed by atoms with van der Waals surface area (Å²) >= 11 is 0. The van der Waals surface area contributed by atoms with Crippen LogP contribution in [0.4, 0.5) is 0 Å². The Morgan fingerprint density at radius 2 is 2.12 bits per heavy atom. The number of hydrogen-bond acceptors (Lipinski definition) is 3. The van der Waals surface area contributed by atoms with Crippen LogP contribution in [0.15, 0.2) is 18.2 Å². The van der Waals surface area contributed by atoms with Gasteiger partial charge in [0.2, 0.25) is 0 Å². The molecule has 0 unspecified atom stereocenters. The smallest absolute Gasteiger partial charge is 0.308 e. The molecule has 0 amide bonds. The molecule has 0 atom stereocenters. The molecule has 0 saturated heterocycles. The molecule has 0 fully saturated rings. The highest BCUT2D eigenvalue weighted by Gasteiger charge is 2.10. The average molecular weight is 222 g/mol. The summed E-state index contributed by atoms with van der Waals surface area (Å²) in [5, 5.41) is 9.62. The van der Waals surface area contributed by atoms with Gasteiger partial charge in [-0.2, -0.15) is 0 Å². The molecule has 0 heterocycles. The predicted molar refractivity (Wildman–Crippen MR) is 62.6 cm³/mol. The van der Waals surface area contributed by atoms with Crippen molar-refractivity contribution in [3.63, 3.8) is 0 Å². The lowest BCUT2D eigenvalue weighted by atomic mass is 10.1. The summed E-state index contributed by atoms with van der Waals surface area (Å²) in [6, 6.07) is 5.18. The van der Waals surface area contributed by atoms with Crippen LogP contribution in [-0.4, -0.2) is 11.1 Å². The second kappa shape index (κ2) is 6.16. The molecule has 3 nitrogen and oxygen atoms in total. The molecule has 0 radical (unpaired) electrons. The van der Waals surface area contributed by atoms with Crippen molar-refractivity contribution in [1.29, 1.82) is 0 Å². The summed E-state index contributed by atoms with van der Waals surface area (Å²) in [5.74, 6) is -0.0615. The van der Waals surface area contributed by atoms with E-state index in [1.54, 1.807) is 6.07 Å². The van der Waals surface area contributed by atoms with Crippen molar-refractivity contribution in [1.82, 2.24) is 0 Å². The van der Waals surface area contributed by atoms with Crippen LogP contribution >= 0.6 is 0 Å². The van der Waals surface area contributed by atoms with Crippen molar-refractivity contribution < 1.29 is 14.6 Å². The molecule has 1 rings (SSSR count). The monoisotopic (exact) mass is 222 g/mol. The Bertz CT molecular complexity index is 358. The van der Waals surface area contributed by atoms with Gasteiger partial charge in [0.15, 0.2) is 11.5 Å². The topological polar surface area (TPSA) is 46.5 Å². The highest BCUT2D eigenvalue weighted by Crippen LogP contribution is 2.31. The minimum atomic E-state index is -0.404. The molecule has 1 N–H and O–H groups in total. The zero-order valence-electron chi connectivity index (χ0n) is 9.82. The van der Waals surface area contributed by atoms with Gasteiger partial charge in [-0.25, -0.2) is 0 Å². The third kappa shape index (κ3) is 3.57. The first-order valence-electron chi connectivity index (χ1n) is 5.64. The van der Waals surface area contributed by atoms with E-state index in [9.17, 15) is 9.90 Å². The van der Waals surface area contributed by atoms with E-state index in [1.807, 2.05) is 6.07 Å². The van der Waals surface area contributed by atoms with Gasteiger partial charge in [-0.15, -0.1) is 0 Å². The van der Waals surface area contributed by atoms with Gasteiger partial charge in [-0.05, 0) is 24.5 Å². The number of aryl methyl sites for hydroxylation is 1. The van der Waals surface area contributed by atoms with Gasteiger partial charge in [-0.1, -0.05) is 31.9 Å². The van der Waals surface area contributed by atoms with Crippen LogP contribution in [0.5, 0.6) is 11.5 Å². The Morgan fingerprint density at radius 1 is 1.38 bits per heavy atom. The summed E-state index contributed by atoms with van der Waals surface area (Å²) in [5.41, 5.74) is 0.892. The molecule has 0 spiro atoms. The first-order chi connectivity index (χ1) is 7.65. The Hall–Kier alpha value is -1.51. The van der Waals surface area contributed by atoms with E-state index < -0.39 is 5.97 Å². The molecule has 1 aromatic carbocycles. The highest BCUT2D eigenvalue weighted by molar-refractivity contribution is 5.71. The molecular formula is C13H18O3. The zero-order valence-corrected chi connectivity index (χ0v) is 9.82. The van der Waals surface area contributed by atoms with E-state index in [4.69, 9.17) is 4.74 Å². The van der Waals surface area contributed by atoms with Crippen LogP contribution < -0.4 is 4.74 Å². The van der Waals surface area contributed by atoms with E-state index in [1.165, 1.54) is 13.0 Å². The third-order valence-electron chi connectivity index (χ3n) is 2.37. The number of phenols is 1. The minimum absolute atomic E-state index is 0.0317. The van der Waals surface area contributed by atoms with E-state index in [0.717, 1.165) is 31.2 Å². The highest BCUT2D eigenvalue weighted by atomic mass is 16.5. The lowest BCUT2D eigenvalue weighted by Crippen LogP contribution is -2.04. The number of para-hydroxylation sites is 1. The lowest BCUT2D eigenvalue weighted by Gasteiger charge is -2.10. The van der Waals surface area contributed by atoms with Crippen LogP contribution in [0, 0.1) is 0 Å². The number of benzene rings is 1. The average Bonchev–Trinajstić information content (AvgIpc) is 2.23. The molecule has 0 aliphatic rings. The molecule has 16 heavy (non-hydrogen) atoms. The quantitative estimate of drug-likeness (QED) is 0.473. The Kier molecular flexibility index (Phi) is 4.83. The van der Waals surface area contributed by atoms with Crippen molar-refractivity contribution in [3.8, 4) is 11.5 Å².